The largest absolute Gasteiger partial charge is 0.394 e. The molecule has 24 heavy (non-hydrogen) atoms. The summed E-state index contributed by atoms with van der Waals surface area (Å²) in [7, 11) is 0. The summed E-state index contributed by atoms with van der Waals surface area (Å²) in [5.41, 5.74) is 3.42. The van der Waals surface area contributed by atoms with Crippen LogP contribution in [0.4, 0.5) is 0 Å². The van der Waals surface area contributed by atoms with Crippen LogP contribution >= 0.6 is 0 Å². The smallest absolute Gasteiger partial charge is 0.107 e. The van der Waals surface area contributed by atoms with Crippen LogP contribution in [0.1, 0.15) is 18.1 Å². The van der Waals surface area contributed by atoms with Crippen LogP contribution in [-0.2, 0) is 4.74 Å². The first kappa shape index (κ1) is 15.3. The molecule has 1 aliphatic heterocycles. The van der Waals surface area contributed by atoms with Crippen LogP contribution in [0, 0.1) is 0 Å². The zero-order valence-electron chi connectivity index (χ0n) is 13.3. The van der Waals surface area contributed by atoms with Crippen molar-refractivity contribution in [3.8, 4) is 11.1 Å². The number of ether oxygens (including phenoxy) is 1. The van der Waals surface area contributed by atoms with Gasteiger partial charge in [-0.05, 0) is 39.6 Å². The van der Waals surface area contributed by atoms with Gasteiger partial charge in [0.15, 0.2) is 0 Å². The molecule has 1 fully saturated rings. The molecule has 3 aromatic carbocycles. The van der Waals surface area contributed by atoms with Crippen molar-refractivity contribution >= 4 is 10.8 Å². The van der Waals surface area contributed by atoms with E-state index in [1.807, 2.05) is 24.3 Å². The van der Waals surface area contributed by atoms with Gasteiger partial charge in [0.1, 0.15) is 6.10 Å². The predicted molar refractivity (Wildman–Crippen MR) is 94.7 cm³/mol. The fourth-order valence-electron chi connectivity index (χ4n) is 3.38. The van der Waals surface area contributed by atoms with Gasteiger partial charge in [0, 0.05) is 6.42 Å². The molecule has 0 aromatic heterocycles. The summed E-state index contributed by atoms with van der Waals surface area (Å²) in [4.78, 5) is 0. The number of fused-ring (bicyclic) bond motifs is 1. The lowest BCUT2D eigenvalue weighted by Gasteiger charge is -2.13. The SMILES string of the molecule is OC[C@H]1O[C@@H](c2ccc3ccc(-c4ccccc4)cc3c2)C[C@@H]1O. The molecule has 1 aliphatic rings. The van der Waals surface area contributed by atoms with Crippen LogP contribution in [0.5, 0.6) is 0 Å². The van der Waals surface area contributed by atoms with Crippen LogP contribution < -0.4 is 0 Å². The second-order valence-electron chi connectivity index (χ2n) is 6.34. The van der Waals surface area contributed by atoms with E-state index >= 15 is 0 Å². The molecule has 3 atom stereocenters. The molecule has 1 saturated heterocycles. The number of benzene rings is 3. The Kier molecular flexibility index (Phi) is 4.07. The highest BCUT2D eigenvalue weighted by Gasteiger charge is 2.34. The van der Waals surface area contributed by atoms with E-state index < -0.39 is 12.2 Å². The van der Waals surface area contributed by atoms with Crippen LogP contribution in [0.25, 0.3) is 21.9 Å². The van der Waals surface area contributed by atoms with Crippen molar-refractivity contribution in [3.63, 3.8) is 0 Å². The average Bonchev–Trinajstić information content (AvgIpc) is 3.02. The lowest BCUT2D eigenvalue weighted by Crippen LogP contribution is -2.24. The number of hydrogen-bond acceptors (Lipinski definition) is 3. The molecule has 0 aliphatic carbocycles. The van der Waals surface area contributed by atoms with E-state index in [-0.39, 0.29) is 12.7 Å². The second kappa shape index (κ2) is 6.36. The zero-order chi connectivity index (χ0) is 16.5. The van der Waals surface area contributed by atoms with Crippen LogP contribution in [0.2, 0.25) is 0 Å². The Morgan fingerprint density at radius 2 is 1.67 bits per heavy atom. The topological polar surface area (TPSA) is 49.7 Å². The second-order valence-corrected chi connectivity index (χ2v) is 6.34. The van der Waals surface area contributed by atoms with E-state index in [2.05, 4.69) is 42.5 Å². The van der Waals surface area contributed by atoms with Gasteiger partial charge in [-0.1, -0.05) is 54.6 Å². The first-order valence-corrected chi connectivity index (χ1v) is 8.28. The predicted octanol–water partition coefficient (Wildman–Crippen LogP) is 3.69. The van der Waals surface area contributed by atoms with Gasteiger partial charge >= 0.3 is 0 Å². The molecule has 0 bridgehead atoms. The summed E-state index contributed by atoms with van der Waals surface area (Å²) >= 11 is 0. The van der Waals surface area contributed by atoms with Gasteiger partial charge in [0.2, 0.25) is 0 Å². The normalized spacial score (nSPS) is 23.7. The third-order valence-corrected chi connectivity index (χ3v) is 4.75. The highest BCUT2D eigenvalue weighted by atomic mass is 16.5. The van der Waals surface area contributed by atoms with Crippen molar-refractivity contribution in [2.45, 2.75) is 24.7 Å². The molecular formula is C21H20O3. The van der Waals surface area contributed by atoms with Crippen LogP contribution in [-0.4, -0.2) is 29.0 Å². The quantitative estimate of drug-likeness (QED) is 0.774. The average molecular weight is 320 g/mol. The van der Waals surface area contributed by atoms with E-state index in [1.54, 1.807) is 0 Å². The van der Waals surface area contributed by atoms with E-state index in [9.17, 15) is 10.2 Å². The third-order valence-electron chi connectivity index (χ3n) is 4.75. The molecule has 3 heteroatoms. The fraction of sp³-hybridized carbons (Fsp3) is 0.238. The van der Waals surface area contributed by atoms with Crippen molar-refractivity contribution in [2.75, 3.05) is 6.61 Å². The van der Waals surface area contributed by atoms with Crippen molar-refractivity contribution in [3.05, 3.63) is 72.3 Å². The van der Waals surface area contributed by atoms with Crippen molar-refractivity contribution < 1.29 is 14.9 Å². The van der Waals surface area contributed by atoms with Gasteiger partial charge in [-0.15, -0.1) is 0 Å². The molecule has 3 aromatic rings. The molecular weight excluding hydrogens is 300 g/mol. The summed E-state index contributed by atoms with van der Waals surface area (Å²) in [6.07, 6.45) is -0.732. The standard InChI is InChI=1S/C21H20O3/c22-13-21-19(23)12-20(24-21)17-9-7-15-6-8-16(10-18(15)11-17)14-4-2-1-3-5-14/h1-11,19-23H,12-13H2/t19-,20+,21+/m0/s1. The Labute approximate surface area is 141 Å². The van der Waals surface area contributed by atoms with Gasteiger partial charge in [-0.3, -0.25) is 0 Å². The molecule has 0 unspecified atom stereocenters. The Balaban J connectivity index is 1.69. The Morgan fingerprint density at radius 1 is 0.875 bits per heavy atom. The summed E-state index contributed by atoms with van der Waals surface area (Å²) < 4.78 is 5.77. The summed E-state index contributed by atoms with van der Waals surface area (Å²) in [5.74, 6) is 0. The minimum atomic E-state index is -0.605. The summed E-state index contributed by atoms with van der Waals surface area (Å²) in [6, 6.07) is 23.0. The Bertz CT molecular complexity index is 844. The number of hydrogen-bond donors (Lipinski definition) is 2. The maximum atomic E-state index is 9.94. The van der Waals surface area contributed by atoms with Crippen molar-refractivity contribution in [1.82, 2.24) is 0 Å². The van der Waals surface area contributed by atoms with Crippen LogP contribution in [0.15, 0.2) is 66.7 Å². The number of aliphatic hydroxyl groups is 2. The number of aliphatic hydroxyl groups excluding tert-OH is 2. The van der Waals surface area contributed by atoms with Gasteiger partial charge in [-0.2, -0.15) is 0 Å². The Hall–Kier alpha value is -2.20. The van der Waals surface area contributed by atoms with Crippen molar-refractivity contribution in [2.24, 2.45) is 0 Å². The van der Waals surface area contributed by atoms with Gasteiger partial charge < -0.3 is 14.9 Å². The maximum Gasteiger partial charge on any atom is 0.107 e. The molecule has 4 rings (SSSR count). The maximum absolute atomic E-state index is 9.94. The molecule has 0 radical (unpaired) electrons. The highest BCUT2D eigenvalue weighted by molar-refractivity contribution is 5.88. The fourth-order valence-corrected chi connectivity index (χ4v) is 3.38. The lowest BCUT2D eigenvalue weighted by molar-refractivity contribution is -0.0225. The van der Waals surface area contributed by atoms with E-state index in [0.717, 1.165) is 10.9 Å². The van der Waals surface area contributed by atoms with Gasteiger partial charge in [0.05, 0.1) is 18.8 Å². The minimum Gasteiger partial charge on any atom is -0.394 e. The summed E-state index contributed by atoms with van der Waals surface area (Å²) in [5, 5.41) is 21.5. The minimum absolute atomic E-state index is 0.149. The highest BCUT2D eigenvalue weighted by Crippen LogP contribution is 2.35. The van der Waals surface area contributed by atoms with Crippen LogP contribution in [0.3, 0.4) is 0 Å². The van der Waals surface area contributed by atoms with E-state index in [0.29, 0.717) is 6.42 Å². The third kappa shape index (κ3) is 2.82. The zero-order valence-corrected chi connectivity index (χ0v) is 13.3. The molecule has 2 N–H and O–H groups in total. The molecule has 122 valence electrons. The monoisotopic (exact) mass is 320 g/mol. The van der Waals surface area contributed by atoms with E-state index in [4.69, 9.17) is 4.74 Å². The lowest BCUT2D eigenvalue weighted by atomic mass is 9.97. The number of rotatable bonds is 3. The van der Waals surface area contributed by atoms with Crippen molar-refractivity contribution in [1.29, 1.82) is 0 Å². The Morgan fingerprint density at radius 3 is 2.42 bits per heavy atom. The molecule has 3 nitrogen and oxygen atoms in total. The molecule has 0 spiro atoms. The molecule has 0 amide bonds. The molecule has 1 heterocycles. The summed E-state index contributed by atoms with van der Waals surface area (Å²) in [6.45, 7) is -0.149. The van der Waals surface area contributed by atoms with Gasteiger partial charge in [-0.25, -0.2) is 0 Å². The molecule has 0 saturated carbocycles. The first-order valence-electron chi connectivity index (χ1n) is 8.28. The van der Waals surface area contributed by atoms with E-state index in [1.165, 1.54) is 16.5 Å². The first-order chi connectivity index (χ1) is 11.7. The van der Waals surface area contributed by atoms with Gasteiger partial charge in [0.25, 0.3) is 0 Å².